The zero-order valence-electron chi connectivity index (χ0n) is 12.9. The van der Waals surface area contributed by atoms with Crippen LogP contribution in [0.5, 0.6) is 0 Å². The van der Waals surface area contributed by atoms with Crippen LogP contribution in [0, 0.1) is 0 Å². The predicted molar refractivity (Wildman–Crippen MR) is 95.9 cm³/mol. The third-order valence-electron chi connectivity index (χ3n) is 3.67. The molecule has 1 aromatic heterocycles. The van der Waals surface area contributed by atoms with Gasteiger partial charge in [-0.3, -0.25) is 4.79 Å². The number of hydrogen-bond acceptors (Lipinski definition) is 2. The number of aromatic nitrogens is 2. The minimum Gasteiger partial charge on any atom is -0.346 e. The molecule has 0 fully saturated rings. The van der Waals surface area contributed by atoms with E-state index in [9.17, 15) is 4.79 Å². The second kappa shape index (κ2) is 7.07. The van der Waals surface area contributed by atoms with E-state index in [1.54, 1.807) is 30.7 Å². The lowest BCUT2D eigenvalue weighted by Gasteiger charge is -2.15. The van der Waals surface area contributed by atoms with Gasteiger partial charge in [0.2, 0.25) is 0 Å². The Labute approximate surface area is 150 Å². The van der Waals surface area contributed by atoms with Gasteiger partial charge in [0, 0.05) is 33.7 Å². The van der Waals surface area contributed by atoms with E-state index in [4.69, 9.17) is 23.2 Å². The van der Waals surface area contributed by atoms with Gasteiger partial charge in [-0.05, 0) is 42.8 Å². The molecule has 0 aliphatic rings. The molecule has 0 aliphatic carbocycles. The van der Waals surface area contributed by atoms with Crippen molar-refractivity contribution in [1.82, 2.24) is 14.9 Å². The van der Waals surface area contributed by atoms with Crippen LogP contribution in [0.2, 0.25) is 10.0 Å². The van der Waals surface area contributed by atoms with E-state index in [1.807, 2.05) is 42.0 Å². The quantitative estimate of drug-likeness (QED) is 0.735. The molecule has 4 nitrogen and oxygen atoms in total. The van der Waals surface area contributed by atoms with Crippen LogP contribution in [0.3, 0.4) is 0 Å². The Morgan fingerprint density at radius 1 is 1.12 bits per heavy atom. The molecule has 24 heavy (non-hydrogen) atoms. The van der Waals surface area contributed by atoms with Crippen molar-refractivity contribution < 1.29 is 4.79 Å². The first-order chi connectivity index (χ1) is 11.5. The van der Waals surface area contributed by atoms with Crippen molar-refractivity contribution in [2.45, 2.75) is 13.0 Å². The van der Waals surface area contributed by atoms with Crippen molar-refractivity contribution in [2.75, 3.05) is 0 Å². The highest BCUT2D eigenvalue weighted by Gasteiger charge is 2.13. The summed E-state index contributed by atoms with van der Waals surface area (Å²) in [6, 6.07) is 12.6. The van der Waals surface area contributed by atoms with E-state index in [0.29, 0.717) is 15.6 Å². The molecule has 1 atom stereocenters. The molecule has 0 bridgehead atoms. The van der Waals surface area contributed by atoms with Crippen LogP contribution in [-0.4, -0.2) is 15.5 Å². The summed E-state index contributed by atoms with van der Waals surface area (Å²) in [7, 11) is 0. The first-order valence-corrected chi connectivity index (χ1v) is 8.14. The van der Waals surface area contributed by atoms with Gasteiger partial charge in [0.25, 0.3) is 5.91 Å². The summed E-state index contributed by atoms with van der Waals surface area (Å²) in [5.74, 6) is -0.217. The highest BCUT2D eigenvalue weighted by molar-refractivity contribution is 6.35. The standard InChI is InChI=1S/C18H15Cl2N3O/c1-12(22-18(24)14-8-15(19)10-16(20)9-14)13-2-4-17(5-3-13)23-7-6-21-11-23/h2-12H,1H3,(H,22,24). The third-order valence-corrected chi connectivity index (χ3v) is 4.10. The van der Waals surface area contributed by atoms with Gasteiger partial charge in [0.1, 0.15) is 0 Å². The molecule has 0 radical (unpaired) electrons. The van der Waals surface area contributed by atoms with Crippen LogP contribution in [-0.2, 0) is 0 Å². The molecular weight excluding hydrogens is 345 g/mol. The van der Waals surface area contributed by atoms with Crippen LogP contribution in [0.15, 0.2) is 61.2 Å². The SMILES string of the molecule is CC(NC(=O)c1cc(Cl)cc(Cl)c1)c1ccc(-n2ccnc2)cc1. The molecule has 0 aliphatic heterocycles. The number of carbonyl (C=O) groups excluding carboxylic acids is 1. The largest absolute Gasteiger partial charge is 0.346 e. The number of rotatable bonds is 4. The highest BCUT2D eigenvalue weighted by Crippen LogP contribution is 2.20. The molecule has 0 saturated heterocycles. The Morgan fingerprint density at radius 2 is 1.79 bits per heavy atom. The van der Waals surface area contributed by atoms with E-state index < -0.39 is 0 Å². The Morgan fingerprint density at radius 3 is 2.38 bits per heavy atom. The molecule has 3 aromatic rings. The molecule has 3 rings (SSSR count). The number of carbonyl (C=O) groups is 1. The van der Waals surface area contributed by atoms with Crippen molar-refractivity contribution in [2.24, 2.45) is 0 Å². The van der Waals surface area contributed by atoms with Crippen LogP contribution >= 0.6 is 23.2 Å². The van der Waals surface area contributed by atoms with Gasteiger partial charge in [-0.15, -0.1) is 0 Å². The molecule has 1 unspecified atom stereocenters. The second-order valence-electron chi connectivity index (χ2n) is 5.41. The van der Waals surface area contributed by atoms with Gasteiger partial charge in [-0.2, -0.15) is 0 Å². The molecule has 1 amide bonds. The van der Waals surface area contributed by atoms with Crippen LogP contribution in [0.1, 0.15) is 28.9 Å². The normalized spacial score (nSPS) is 12.0. The summed E-state index contributed by atoms with van der Waals surface area (Å²) in [5.41, 5.74) is 2.45. The number of nitrogens with one attached hydrogen (secondary N) is 1. The van der Waals surface area contributed by atoms with Crippen LogP contribution in [0.4, 0.5) is 0 Å². The number of hydrogen-bond donors (Lipinski definition) is 1. The maximum absolute atomic E-state index is 12.3. The molecule has 122 valence electrons. The average Bonchev–Trinajstić information content (AvgIpc) is 3.08. The van der Waals surface area contributed by atoms with Crippen molar-refractivity contribution >= 4 is 29.1 Å². The fourth-order valence-electron chi connectivity index (χ4n) is 2.40. The van der Waals surface area contributed by atoms with Crippen molar-refractivity contribution in [3.05, 3.63) is 82.4 Å². The Bertz CT molecular complexity index is 825. The smallest absolute Gasteiger partial charge is 0.251 e. The molecule has 0 saturated carbocycles. The monoisotopic (exact) mass is 359 g/mol. The minimum absolute atomic E-state index is 0.146. The summed E-state index contributed by atoms with van der Waals surface area (Å²) in [4.78, 5) is 16.4. The van der Waals surface area contributed by atoms with Crippen molar-refractivity contribution in [1.29, 1.82) is 0 Å². The molecular formula is C18H15Cl2N3O. The zero-order valence-corrected chi connectivity index (χ0v) is 14.4. The average molecular weight is 360 g/mol. The molecule has 1 N–H and O–H groups in total. The van der Waals surface area contributed by atoms with Gasteiger partial charge in [-0.25, -0.2) is 4.98 Å². The Balaban J connectivity index is 1.72. The highest BCUT2D eigenvalue weighted by atomic mass is 35.5. The van der Waals surface area contributed by atoms with Gasteiger partial charge in [-0.1, -0.05) is 35.3 Å². The van der Waals surface area contributed by atoms with Gasteiger partial charge >= 0.3 is 0 Å². The summed E-state index contributed by atoms with van der Waals surface area (Å²) in [6.45, 7) is 1.93. The van der Waals surface area contributed by atoms with E-state index in [0.717, 1.165) is 11.3 Å². The van der Waals surface area contributed by atoms with Crippen molar-refractivity contribution in [3.63, 3.8) is 0 Å². The maximum Gasteiger partial charge on any atom is 0.251 e. The van der Waals surface area contributed by atoms with Crippen molar-refractivity contribution in [3.8, 4) is 5.69 Å². The van der Waals surface area contributed by atoms with E-state index >= 15 is 0 Å². The van der Waals surface area contributed by atoms with Gasteiger partial charge < -0.3 is 9.88 Å². The predicted octanol–water partition coefficient (Wildman–Crippen LogP) is 4.67. The fourth-order valence-corrected chi connectivity index (χ4v) is 2.92. The Kier molecular flexibility index (Phi) is 4.88. The number of imidazole rings is 1. The second-order valence-corrected chi connectivity index (χ2v) is 6.29. The van der Waals surface area contributed by atoms with E-state index in [-0.39, 0.29) is 11.9 Å². The molecule has 6 heteroatoms. The maximum atomic E-state index is 12.3. The molecule has 0 spiro atoms. The molecule has 1 heterocycles. The number of nitrogens with zero attached hydrogens (tertiary/aromatic N) is 2. The lowest BCUT2D eigenvalue weighted by Crippen LogP contribution is -2.26. The molecule has 2 aromatic carbocycles. The van der Waals surface area contributed by atoms with Gasteiger partial charge in [0.15, 0.2) is 0 Å². The van der Waals surface area contributed by atoms with Gasteiger partial charge in [0.05, 0.1) is 12.4 Å². The fraction of sp³-hybridized carbons (Fsp3) is 0.111. The Hall–Kier alpha value is -2.30. The van der Waals surface area contributed by atoms with Crippen LogP contribution in [0.25, 0.3) is 5.69 Å². The van der Waals surface area contributed by atoms with Crippen LogP contribution < -0.4 is 5.32 Å². The summed E-state index contributed by atoms with van der Waals surface area (Å²) in [5, 5.41) is 3.82. The summed E-state index contributed by atoms with van der Waals surface area (Å²) >= 11 is 11.9. The van der Waals surface area contributed by atoms with E-state index in [2.05, 4.69) is 10.3 Å². The topological polar surface area (TPSA) is 46.9 Å². The number of amides is 1. The lowest BCUT2D eigenvalue weighted by molar-refractivity contribution is 0.0940. The van der Waals surface area contributed by atoms with E-state index in [1.165, 1.54) is 0 Å². The lowest BCUT2D eigenvalue weighted by atomic mass is 10.1. The number of benzene rings is 2. The first-order valence-electron chi connectivity index (χ1n) is 7.38. The first kappa shape index (κ1) is 16.6. The minimum atomic E-state index is -0.217. The third kappa shape index (κ3) is 3.78. The summed E-state index contributed by atoms with van der Waals surface area (Å²) < 4.78 is 1.92. The number of halogens is 2. The summed E-state index contributed by atoms with van der Waals surface area (Å²) in [6.07, 6.45) is 5.35. The zero-order chi connectivity index (χ0) is 17.1.